The van der Waals surface area contributed by atoms with Gasteiger partial charge in [0.15, 0.2) is 0 Å². The van der Waals surface area contributed by atoms with Gasteiger partial charge in [0.2, 0.25) is 15.9 Å². The van der Waals surface area contributed by atoms with Gasteiger partial charge in [-0.2, -0.15) is 0 Å². The highest BCUT2D eigenvalue weighted by Crippen LogP contribution is 2.42. The Kier molecular flexibility index (Phi) is 7.65. The summed E-state index contributed by atoms with van der Waals surface area (Å²) in [5.74, 6) is -1.23. The van der Waals surface area contributed by atoms with Gasteiger partial charge in [-0.15, -0.1) is 12.4 Å². The smallest absolute Gasteiger partial charge is 0.257 e. The quantitative estimate of drug-likeness (QED) is 0.615. The fourth-order valence-corrected chi connectivity index (χ4v) is 5.70. The second-order valence-corrected chi connectivity index (χ2v) is 10.3. The Morgan fingerprint density at radius 3 is 2.41 bits per heavy atom. The molecule has 1 aromatic rings. The second-order valence-electron chi connectivity index (χ2n) is 8.46. The number of amides is 2. The van der Waals surface area contributed by atoms with E-state index in [4.69, 9.17) is 4.74 Å². The number of halogens is 1. The van der Waals surface area contributed by atoms with E-state index in [1.54, 1.807) is 11.1 Å². The maximum atomic E-state index is 13.1. The minimum atomic E-state index is -3.73. The van der Waals surface area contributed by atoms with E-state index in [9.17, 15) is 18.0 Å². The summed E-state index contributed by atoms with van der Waals surface area (Å²) in [4.78, 5) is 29.6. The number of carbonyl (C=O) groups is 2. The molecule has 0 spiro atoms. The summed E-state index contributed by atoms with van der Waals surface area (Å²) in [7, 11) is -3.73. The monoisotopic (exact) mass is 483 g/mol. The molecule has 0 radical (unpaired) electrons. The molecule has 176 valence electrons. The van der Waals surface area contributed by atoms with Crippen LogP contribution < -0.4 is 0 Å². The molecule has 0 saturated carbocycles. The minimum Gasteiger partial charge on any atom is -0.379 e. The van der Waals surface area contributed by atoms with Gasteiger partial charge < -0.3 is 9.64 Å². The van der Waals surface area contributed by atoms with E-state index in [-0.39, 0.29) is 30.1 Å². The molecule has 2 fully saturated rings. The molecule has 0 bridgehead atoms. The molecule has 3 aliphatic rings. The van der Waals surface area contributed by atoms with Gasteiger partial charge in [-0.05, 0) is 24.1 Å². The Labute approximate surface area is 195 Å². The topological polar surface area (TPSA) is 87.2 Å². The third kappa shape index (κ3) is 4.85. The van der Waals surface area contributed by atoms with Crippen LogP contribution in [0.1, 0.15) is 35.7 Å². The van der Waals surface area contributed by atoms with Crippen molar-refractivity contribution in [2.75, 3.05) is 39.1 Å². The maximum absolute atomic E-state index is 13.1. The Bertz CT molecular complexity index is 989. The first-order valence-electron chi connectivity index (χ1n) is 10.8. The molecular formula is C22H30ClN3O5S. The van der Waals surface area contributed by atoms with E-state index in [1.165, 1.54) is 0 Å². The molecule has 0 N–H and O–H groups in total. The van der Waals surface area contributed by atoms with Crippen LogP contribution in [0.2, 0.25) is 0 Å². The zero-order valence-corrected chi connectivity index (χ0v) is 20.0. The Hall–Kier alpha value is -1.94. The summed E-state index contributed by atoms with van der Waals surface area (Å²) in [5, 5.41) is 0. The molecule has 3 aliphatic heterocycles. The van der Waals surface area contributed by atoms with E-state index in [1.807, 2.05) is 31.2 Å². The van der Waals surface area contributed by atoms with Crippen LogP contribution in [0.25, 0.3) is 0 Å². The number of fused-ring (bicyclic) bond motifs is 1. The average Bonchev–Trinajstić information content (AvgIpc) is 3.26. The van der Waals surface area contributed by atoms with Crippen molar-refractivity contribution in [2.24, 2.45) is 11.8 Å². The number of sulfonamides is 1. The fourth-order valence-electron chi connectivity index (χ4n) is 4.67. The number of carbonyl (C=O) groups excluding carboxylic acids is 2. The molecule has 10 heteroatoms. The van der Waals surface area contributed by atoms with Crippen molar-refractivity contribution in [3.05, 3.63) is 47.3 Å². The SMILES string of the molecule is CCC[C@H]1C(=O)N(S(C)(=O)=O)C2=CN(C(=O)c3ccc(CN4CCOCC4)cc3)C[C@@H]21.Cl. The minimum absolute atomic E-state index is 0. The van der Waals surface area contributed by atoms with Gasteiger partial charge in [0.05, 0.1) is 25.2 Å². The van der Waals surface area contributed by atoms with Crippen molar-refractivity contribution in [1.82, 2.24) is 14.1 Å². The predicted molar refractivity (Wildman–Crippen MR) is 122 cm³/mol. The molecule has 3 heterocycles. The number of rotatable bonds is 6. The average molecular weight is 484 g/mol. The Morgan fingerprint density at radius 1 is 1.16 bits per heavy atom. The van der Waals surface area contributed by atoms with E-state index in [0.29, 0.717) is 24.2 Å². The number of nitrogens with zero attached hydrogens (tertiary/aromatic N) is 3. The second kappa shape index (κ2) is 9.91. The summed E-state index contributed by atoms with van der Waals surface area (Å²) < 4.78 is 30.7. The van der Waals surface area contributed by atoms with Crippen molar-refractivity contribution in [1.29, 1.82) is 0 Å². The third-order valence-corrected chi connectivity index (χ3v) is 7.26. The maximum Gasteiger partial charge on any atom is 0.257 e. The molecule has 0 aliphatic carbocycles. The van der Waals surface area contributed by atoms with Crippen molar-refractivity contribution >= 4 is 34.2 Å². The summed E-state index contributed by atoms with van der Waals surface area (Å²) >= 11 is 0. The van der Waals surface area contributed by atoms with Crippen LogP contribution in [0.5, 0.6) is 0 Å². The lowest BCUT2D eigenvalue weighted by atomic mass is 9.91. The highest BCUT2D eigenvalue weighted by molar-refractivity contribution is 7.89. The third-order valence-electron chi connectivity index (χ3n) is 6.20. The molecule has 1 aromatic carbocycles. The highest BCUT2D eigenvalue weighted by atomic mass is 35.5. The first-order chi connectivity index (χ1) is 14.8. The van der Waals surface area contributed by atoms with Gasteiger partial charge >= 0.3 is 0 Å². The van der Waals surface area contributed by atoms with Crippen molar-refractivity contribution in [3.63, 3.8) is 0 Å². The lowest BCUT2D eigenvalue weighted by Crippen LogP contribution is -2.35. The zero-order chi connectivity index (χ0) is 22.2. The number of morpholine rings is 1. The molecule has 8 nitrogen and oxygen atoms in total. The van der Waals surface area contributed by atoms with Crippen LogP contribution in [0, 0.1) is 11.8 Å². The van der Waals surface area contributed by atoms with Gasteiger partial charge in [-0.3, -0.25) is 14.5 Å². The lowest BCUT2D eigenvalue weighted by molar-refractivity contribution is -0.127. The summed E-state index contributed by atoms with van der Waals surface area (Å²) in [6.45, 7) is 6.40. The number of hydrogen-bond acceptors (Lipinski definition) is 6. The van der Waals surface area contributed by atoms with Crippen LogP contribution in [0.3, 0.4) is 0 Å². The molecule has 2 amide bonds. The Morgan fingerprint density at radius 2 is 1.81 bits per heavy atom. The van der Waals surface area contributed by atoms with E-state index < -0.39 is 15.9 Å². The van der Waals surface area contributed by atoms with Crippen molar-refractivity contribution < 1.29 is 22.7 Å². The van der Waals surface area contributed by atoms with Gasteiger partial charge in [0.1, 0.15) is 0 Å². The van der Waals surface area contributed by atoms with Crippen LogP contribution in [0.15, 0.2) is 36.2 Å². The zero-order valence-electron chi connectivity index (χ0n) is 18.4. The summed E-state index contributed by atoms with van der Waals surface area (Å²) in [5.41, 5.74) is 2.10. The predicted octanol–water partition coefficient (Wildman–Crippen LogP) is 2.07. The van der Waals surface area contributed by atoms with Crippen LogP contribution in [-0.4, -0.2) is 73.4 Å². The molecular weight excluding hydrogens is 454 g/mol. The first-order valence-corrected chi connectivity index (χ1v) is 12.6. The van der Waals surface area contributed by atoms with Gasteiger partial charge in [-0.25, -0.2) is 12.7 Å². The highest BCUT2D eigenvalue weighted by Gasteiger charge is 2.51. The van der Waals surface area contributed by atoms with Gasteiger partial charge in [0, 0.05) is 49.8 Å². The molecule has 2 atom stereocenters. The number of benzene rings is 1. The van der Waals surface area contributed by atoms with Gasteiger partial charge in [-0.1, -0.05) is 25.5 Å². The van der Waals surface area contributed by atoms with E-state index in [2.05, 4.69) is 4.90 Å². The standard InChI is InChI=1S/C22H29N3O5S.ClH/c1-3-4-18-19-14-24(15-20(19)25(22(18)27)31(2,28)29)21(26)17-7-5-16(6-8-17)13-23-9-11-30-12-10-23;/h5-8,15,18-19H,3-4,9-14H2,1-2H3;1H/t18-,19-;/m1./s1. The molecule has 32 heavy (non-hydrogen) atoms. The first kappa shape index (κ1) is 24.7. The van der Waals surface area contributed by atoms with Gasteiger partial charge in [0.25, 0.3) is 5.91 Å². The largest absolute Gasteiger partial charge is 0.379 e. The van der Waals surface area contributed by atoms with Crippen molar-refractivity contribution in [2.45, 2.75) is 26.3 Å². The molecule has 2 saturated heterocycles. The van der Waals surface area contributed by atoms with Crippen molar-refractivity contribution in [3.8, 4) is 0 Å². The normalized spacial score (nSPS) is 23.7. The van der Waals surface area contributed by atoms with E-state index in [0.717, 1.165) is 55.4 Å². The van der Waals surface area contributed by atoms with E-state index >= 15 is 0 Å². The number of hydrogen-bond donors (Lipinski definition) is 0. The fraction of sp³-hybridized carbons (Fsp3) is 0.545. The number of ether oxygens (including phenoxy) is 1. The van der Waals surface area contributed by atoms with Crippen LogP contribution in [0.4, 0.5) is 0 Å². The van der Waals surface area contributed by atoms with Crippen LogP contribution >= 0.6 is 12.4 Å². The Balaban J connectivity index is 0.00000289. The molecule has 4 rings (SSSR count). The summed E-state index contributed by atoms with van der Waals surface area (Å²) in [6, 6.07) is 7.54. The van der Waals surface area contributed by atoms with Crippen LogP contribution in [-0.2, 0) is 26.1 Å². The summed E-state index contributed by atoms with van der Waals surface area (Å²) in [6.07, 6.45) is 3.96. The molecule has 0 unspecified atom stereocenters. The molecule has 0 aromatic heterocycles. The lowest BCUT2D eigenvalue weighted by Gasteiger charge is -2.26.